The zero-order chi connectivity index (χ0) is 19.9. The highest BCUT2D eigenvalue weighted by Crippen LogP contribution is 2.38. The Balaban J connectivity index is 1.69. The van der Waals surface area contributed by atoms with E-state index in [-0.39, 0.29) is 11.3 Å². The van der Waals surface area contributed by atoms with E-state index in [4.69, 9.17) is 10.7 Å². The van der Waals surface area contributed by atoms with Crippen molar-refractivity contribution < 1.29 is 4.79 Å². The number of aromatic nitrogens is 3. The number of piperidine rings is 1. The van der Waals surface area contributed by atoms with Gasteiger partial charge in [-0.15, -0.1) is 11.3 Å². The number of carbonyl (C=O) groups is 1. The Morgan fingerprint density at radius 1 is 1.29 bits per heavy atom. The number of anilines is 2. The summed E-state index contributed by atoms with van der Waals surface area (Å²) in [5, 5.41) is 0.849. The number of nitrogen functional groups attached to an aromatic ring is 1. The minimum Gasteiger partial charge on any atom is -0.397 e. The molecule has 1 atom stereocenters. The molecule has 0 spiro atoms. The van der Waals surface area contributed by atoms with Crippen LogP contribution in [0.15, 0.2) is 30.6 Å². The maximum absolute atomic E-state index is 12.4. The van der Waals surface area contributed by atoms with E-state index >= 15 is 0 Å². The van der Waals surface area contributed by atoms with Gasteiger partial charge in [0.25, 0.3) is 5.91 Å². The fraction of sp³-hybridized carbons (Fsp3) is 0.400. The minimum atomic E-state index is -0.115. The number of hydrogen-bond acceptors (Lipinski definition) is 7. The van der Waals surface area contributed by atoms with Gasteiger partial charge >= 0.3 is 0 Å². The lowest BCUT2D eigenvalue weighted by Crippen LogP contribution is -2.45. The first-order chi connectivity index (χ1) is 13.4. The number of fused-ring (bicyclic) bond motifs is 1. The van der Waals surface area contributed by atoms with Crippen LogP contribution >= 0.6 is 11.3 Å². The molecule has 7 nitrogen and oxygen atoms in total. The first-order valence-electron chi connectivity index (χ1n) is 9.32. The number of pyridine rings is 1. The van der Waals surface area contributed by atoms with Crippen molar-refractivity contribution in [1.82, 2.24) is 19.9 Å². The third-order valence-corrected chi connectivity index (χ3v) is 6.45. The zero-order valence-electron chi connectivity index (χ0n) is 16.3. The molecule has 1 aliphatic heterocycles. The van der Waals surface area contributed by atoms with Crippen LogP contribution in [0.5, 0.6) is 0 Å². The van der Waals surface area contributed by atoms with Crippen molar-refractivity contribution in [3.05, 3.63) is 41.2 Å². The highest BCUT2D eigenvalue weighted by atomic mass is 32.1. The fourth-order valence-corrected chi connectivity index (χ4v) is 4.88. The number of rotatable bonds is 3. The summed E-state index contributed by atoms with van der Waals surface area (Å²) in [6.45, 7) is 3.98. The second-order valence-corrected chi connectivity index (χ2v) is 8.73. The lowest BCUT2D eigenvalue weighted by molar-refractivity contribution is 0.0833. The Bertz CT molecular complexity index is 1020. The van der Waals surface area contributed by atoms with Crippen LogP contribution in [-0.2, 0) is 5.41 Å². The topological polar surface area (TPSA) is 88.2 Å². The molecule has 8 heteroatoms. The Morgan fingerprint density at radius 2 is 2.04 bits per heavy atom. The number of amides is 1. The third kappa shape index (κ3) is 3.17. The van der Waals surface area contributed by atoms with Gasteiger partial charge in [0.15, 0.2) is 0 Å². The van der Waals surface area contributed by atoms with E-state index in [1.54, 1.807) is 31.4 Å². The first-order valence-corrected chi connectivity index (χ1v) is 10.1. The molecule has 1 unspecified atom stereocenters. The van der Waals surface area contributed by atoms with E-state index in [0.29, 0.717) is 10.6 Å². The maximum atomic E-state index is 12.4. The van der Waals surface area contributed by atoms with Crippen molar-refractivity contribution >= 4 is 39.1 Å². The van der Waals surface area contributed by atoms with E-state index in [9.17, 15) is 4.79 Å². The predicted molar refractivity (Wildman–Crippen MR) is 113 cm³/mol. The summed E-state index contributed by atoms with van der Waals surface area (Å²) in [4.78, 5) is 31.2. The smallest absolute Gasteiger partial charge is 0.265 e. The predicted octanol–water partition coefficient (Wildman–Crippen LogP) is 2.93. The molecule has 0 saturated carbocycles. The molecule has 1 fully saturated rings. The molecule has 0 aromatic carbocycles. The molecule has 1 amide bonds. The van der Waals surface area contributed by atoms with Crippen LogP contribution in [0, 0.1) is 0 Å². The average Bonchev–Trinajstić information content (AvgIpc) is 3.04. The van der Waals surface area contributed by atoms with Crippen LogP contribution in [0.25, 0.3) is 10.2 Å². The number of nitrogens with zero attached hydrogens (tertiary/aromatic N) is 5. The summed E-state index contributed by atoms with van der Waals surface area (Å²) in [5.74, 6) is 0.673. The van der Waals surface area contributed by atoms with E-state index in [0.717, 1.165) is 47.8 Å². The third-order valence-electron chi connectivity index (χ3n) is 5.34. The van der Waals surface area contributed by atoms with Crippen LogP contribution in [0.3, 0.4) is 0 Å². The van der Waals surface area contributed by atoms with Gasteiger partial charge in [0.1, 0.15) is 9.71 Å². The van der Waals surface area contributed by atoms with Crippen LogP contribution < -0.4 is 10.6 Å². The molecule has 4 rings (SSSR count). The SMILES string of the molecule is CN(C)C(=O)c1sc2nc(C3(C)CCCN(c4ncccn4)C3)ccc2c1N. The summed E-state index contributed by atoms with van der Waals surface area (Å²) < 4.78 is 0. The van der Waals surface area contributed by atoms with E-state index < -0.39 is 0 Å². The molecule has 146 valence electrons. The quantitative estimate of drug-likeness (QED) is 0.732. The summed E-state index contributed by atoms with van der Waals surface area (Å²) in [7, 11) is 3.46. The summed E-state index contributed by atoms with van der Waals surface area (Å²) >= 11 is 1.37. The molecule has 2 N–H and O–H groups in total. The lowest BCUT2D eigenvalue weighted by atomic mass is 9.78. The van der Waals surface area contributed by atoms with E-state index in [1.165, 1.54) is 11.3 Å². The van der Waals surface area contributed by atoms with Crippen molar-refractivity contribution in [2.24, 2.45) is 0 Å². The van der Waals surface area contributed by atoms with Crippen LogP contribution in [0.4, 0.5) is 11.6 Å². The van der Waals surface area contributed by atoms with Gasteiger partial charge in [-0.2, -0.15) is 0 Å². The van der Waals surface area contributed by atoms with E-state index in [2.05, 4.69) is 21.8 Å². The van der Waals surface area contributed by atoms with Crippen molar-refractivity contribution in [2.45, 2.75) is 25.2 Å². The fourth-order valence-electron chi connectivity index (χ4n) is 3.77. The van der Waals surface area contributed by atoms with Crippen molar-refractivity contribution in [2.75, 3.05) is 37.8 Å². The number of hydrogen-bond donors (Lipinski definition) is 1. The molecule has 4 heterocycles. The zero-order valence-corrected chi connectivity index (χ0v) is 17.2. The van der Waals surface area contributed by atoms with Gasteiger partial charge in [0.2, 0.25) is 5.95 Å². The highest BCUT2D eigenvalue weighted by Gasteiger charge is 2.35. The monoisotopic (exact) mass is 396 g/mol. The Kier molecular flexibility index (Phi) is 4.66. The second kappa shape index (κ2) is 7.01. The minimum absolute atomic E-state index is 0.0849. The summed E-state index contributed by atoms with van der Waals surface area (Å²) in [6.07, 6.45) is 5.64. The Hall–Kier alpha value is -2.74. The average molecular weight is 397 g/mol. The van der Waals surface area contributed by atoms with Gasteiger partial charge in [-0.25, -0.2) is 15.0 Å². The molecular formula is C20H24N6OS. The maximum Gasteiger partial charge on any atom is 0.265 e. The van der Waals surface area contributed by atoms with Crippen LogP contribution in [0.2, 0.25) is 0 Å². The van der Waals surface area contributed by atoms with Gasteiger partial charge in [0, 0.05) is 56.1 Å². The Morgan fingerprint density at radius 3 is 2.75 bits per heavy atom. The molecule has 1 saturated heterocycles. The van der Waals surface area contributed by atoms with Gasteiger partial charge in [-0.05, 0) is 31.0 Å². The standard InChI is InChI=1S/C20H24N6OS/c1-20(8-4-11-26(12-20)19-22-9-5-10-23-19)14-7-6-13-15(21)16(18(27)25(2)3)28-17(13)24-14/h5-7,9-10H,4,8,11-12,21H2,1-3H3. The molecule has 28 heavy (non-hydrogen) atoms. The van der Waals surface area contributed by atoms with Gasteiger partial charge < -0.3 is 15.5 Å². The van der Waals surface area contributed by atoms with E-state index in [1.807, 2.05) is 18.2 Å². The second-order valence-electron chi connectivity index (χ2n) is 7.73. The first kappa shape index (κ1) is 18.6. The largest absolute Gasteiger partial charge is 0.397 e. The van der Waals surface area contributed by atoms with Crippen LogP contribution in [0.1, 0.15) is 35.1 Å². The molecule has 0 bridgehead atoms. The lowest BCUT2D eigenvalue weighted by Gasteiger charge is -2.40. The molecule has 3 aromatic heterocycles. The molecular weight excluding hydrogens is 372 g/mol. The summed E-state index contributed by atoms with van der Waals surface area (Å²) in [5.41, 5.74) is 7.66. The number of nitrogens with two attached hydrogens (primary N) is 1. The number of carbonyl (C=O) groups excluding carboxylic acids is 1. The molecule has 0 radical (unpaired) electrons. The van der Waals surface area contributed by atoms with Crippen molar-refractivity contribution in [3.63, 3.8) is 0 Å². The van der Waals surface area contributed by atoms with Crippen molar-refractivity contribution in [3.8, 4) is 0 Å². The normalized spacial score (nSPS) is 19.8. The molecule has 3 aromatic rings. The van der Waals surface area contributed by atoms with Crippen LogP contribution in [-0.4, -0.2) is 52.9 Å². The van der Waals surface area contributed by atoms with Gasteiger partial charge in [0.05, 0.1) is 5.69 Å². The highest BCUT2D eigenvalue weighted by molar-refractivity contribution is 7.21. The van der Waals surface area contributed by atoms with Gasteiger partial charge in [-0.1, -0.05) is 6.92 Å². The van der Waals surface area contributed by atoms with Crippen molar-refractivity contribution in [1.29, 1.82) is 0 Å². The molecule has 0 aliphatic carbocycles. The Labute approximate surface area is 168 Å². The number of thiophene rings is 1. The molecule has 1 aliphatic rings. The summed E-state index contributed by atoms with van der Waals surface area (Å²) in [6, 6.07) is 5.87. The van der Waals surface area contributed by atoms with Gasteiger partial charge in [-0.3, -0.25) is 4.79 Å².